The van der Waals surface area contributed by atoms with Crippen LogP contribution in [0.25, 0.3) is 0 Å². The zero-order valence-electron chi connectivity index (χ0n) is 15.7. The van der Waals surface area contributed by atoms with E-state index in [4.69, 9.17) is 21.1 Å². The van der Waals surface area contributed by atoms with Gasteiger partial charge in [0.15, 0.2) is 11.5 Å². The molecule has 1 amide bonds. The number of carbonyl (C=O) groups excluding carboxylic acids is 2. The van der Waals surface area contributed by atoms with Crippen molar-refractivity contribution in [3.05, 3.63) is 51.5 Å². The normalized spacial score (nSPS) is 11.7. The van der Waals surface area contributed by atoms with Crippen molar-refractivity contribution in [2.24, 2.45) is 10.2 Å². The molecule has 1 atom stereocenters. The third kappa shape index (κ3) is 5.48. The first-order chi connectivity index (χ1) is 13.8. The number of benzene rings is 2. The molecule has 10 nitrogen and oxygen atoms in total. The molecule has 29 heavy (non-hydrogen) atoms. The highest BCUT2D eigenvalue weighted by Crippen LogP contribution is 2.37. The number of amides is 1. The lowest BCUT2D eigenvalue weighted by Crippen LogP contribution is -2.32. The predicted molar refractivity (Wildman–Crippen MR) is 105 cm³/mol. The maximum absolute atomic E-state index is 12.6. The third-order valence-electron chi connectivity index (χ3n) is 3.70. The Hall–Kier alpha value is -3.53. The average Bonchev–Trinajstić information content (AvgIpc) is 2.67. The van der Waals surface area contributed by atoms with Gasteiger partial charge in [-0.1, -0.05) is 11.6 Å². The van der Waals surface area contributed by atoms with Crippen molar-refractivity contribution in [1.82, 2.24) is 0 Å². The van der Waals surface area contributed by atoms with Gasteiger partial charge in [0.05, 0.1) is 35.5 Å². The first-order valence-corrected chi connectivity index (χ1v) is 8.52. The van der Waals surface area contributed by atoms with Crippen LogP contribution in [0.15, 0.2) is 46.6 Å². The highest BCUT2D eigenvalue weighted by Gasteiger charge is 2.25. The molecule has 2 aromatic rings. The molecule has 0 aliphatic carbocycles. The highest BCUT2D eigenvalue weighted by molar-refractivity contribution is 6.33. The number of ketones is 1. The van der Waals surface area contributed by atoms with E-state index in [-0.39, 0.29) is 27.8 Å². The van der Waals surface area contributed by atoms with Crippen molar-refractivity contribution in [2.45, 2.75) is 13.0 Å². The number of Topliss-reactive ketones (excluding diaryl/α,β-unsaturated/α-hetero) is 1. The molecule has 0 aliphatic heterocycles. The number of carbonyl (C=O) groups is 2. The summed E-state index contributed by atoms with van der Waals surface area (Å²) in [6.45, 7) is 1.19. The Bertz CT molecular complexity index is 962. The Labute approximate surface area is 170 Å². The van der Waals surface area contributed by atoms with Gasteiger partial charge in [-0.25, -0.2) is 0 Å². The number of ether oxygens (including phenoxy) is 2. The number of nitrogens with zero attached hydrogens (tertiary/aromatic N) is 3. The number of hydrogen-bond acceptors (Lipinski definition) is 8. The van der Waals surface area contributed by atoms with E-state index in [1.54, 1.807) is 0 Å². The fraction of sp³-hybridized carbons (Fsp3) is 0.222. The van der Waals surface area contributed by atoms with E-state index in [1.165, 1.54) is 57.5 Å². The summed E-state index contributed by atoms with van der Waals surface area (Å²) in [5, 5.41) is 21.0. The molecule has 0 spiro atoms. The number of rotatable bonds is 8. The number of methoxy groups -OCH3 is 2. The summed E-state index contributed by atoms with van der Waals surface area (Å²) >= 11 is 6.10. The molecule has 0 fully saturated rings. The minimum absolute atomic E-state index is 0.119. The lowest BCUT2D eigenvalue weighted by Gasteiger charge is -2.15. The number of nitro benzene ring substituents is 1. The quantitative estimate of drug-likeness (QED) is 0.297. The summed E-state index contributed by atoms with van der Waals surface area (Å²) in [5.41, 5.74) is 0.321. The summed E-state index contributed by atoms with van der Waals surface area (Å²) in [6.07, 6.45) is 0. The van der Waals surface area contributed by atoms with E-state index in [1.807, 2.05) is 0 Å². The minimum Gasteiger partial charge on any atom is -0.497 e. The molecule has 0 saturated carbocycles. The second kappa shape index (κ2) is 9.60. The van der Waals surface area contributed by atoms with Crippen LogP contribution in [0.2, 0.25) is 5.02 Å². The molecule has 0 aromatic heterocycles. The van der Waals surface area contributed by atoms with Gasteiger partial charge in [0.1, 0.15) is 5.75 Å². The van der Waals surface area contributed by atoms with Crippen molar-refractivity contribution in [3.63, 3.8) is 0 Å². The maximum atomic E-state index is 12.6. The molecular weight excluding hydrogens is 404 g/mol. The fourth-order valence-corrected chi connectivity index (χ4v) is 2.56. The van der Waals surface area contributed by atoms with Gasteiger partial charge in [0.25, 0.3) is 11.6 Å². The summed E-state index contributed by atoms with van der Waals surface area (Å²) in [7, 11) is 2.81. The molecule has 0 bridgehead atoms. The van der Waals surface area contributed by atoms with Gasteiger partial charge in [-0.05, 0) is 19.1 Å². The molecule has 11 heteroatoms. The van der Waals surface area contributed by atoms with Gasteiger partial charge in [-0.3, -0.25) is 19.7 Å². The van der Waals surface area contributed by atoms with Crippen LogP contribution in [-0.2, 0) is 9.59 Å². The van der Waals surface area contributed by atoms with Crippen LogP contribution in [0, 0.1) is 10.1 Å². The van der Waals surface area contributed by atoms with Crippen LogP contribution < -0.4 is 14.8 Å². The number of anilines is 1. The molecule has 2 aromatic carbocycles. The van der Waals surface area contributed by atoms with E-state index in [0.717, 1.165) is 0 Å². The standard InChI is InChI=1S/C18H17ClN4O6/c1-10(24)16(22-21-11-4-6-12(7-5-11)23(26)27)18(25)20-15-9-13(28-2)8-14(19)17(15)29-3/h4-9,16H,1-3H3,(H,20,25). The van der Waals surface area contributed by atoms with Crippen molar-refractivity contribution in [2.75, 3.05) is 19.5 Å². The van der Waals surface area contributed by atoms with E-state index in [2.05, 4.69) is 15.5 Å². The predicted octanol–water partition coefficient (Wildman–Crippen LogP) is 3.95. The van der Waals surface area contributed by atoms with Gasteiger partial charge in [-0.2, -0.15) is 10.2 Å². The smallest absolute Gasteiger partial charge is 0.269 e. The Morgan fingerprint density at radius 3 is 2.34 bits per heavy atom. The minimum atomic E-state index is -1.44. The van der Waals surface area contributed by atoms with E-state index >= 15 is 0 Å². The maximum Gasteiger partial charge on any atom is 0.269 e. The zero-order valence-corrected chi connectivity index (χ0v) is 16.5. The molecule has 152 valence electrons. The van der Waals surface area contributed by atoms with Gasteiger partial charge >= 0.3 is 0 Å². The summed E-state index contributed by atoms with van der Waals surface area (Å²) in [5.74, 6) is -0.750. The zero-order chi connectivity index (χ0) is 21.6. The lowest BCUT2D eigenvalue weighted by atomic mass is 10.2. The van der Waals surface area contributed by atoms with Crippen LogP contribution in [0.5, 0.6) is 11.5 Å². The van der Waals surface area contributed by atoms with Crippen LogP contribution in [0.3, 0.4) is 0 Å². The number of nitrogens with one attached hydrogen (secondary N) is 1. The van der Waals surface area contributed by atoms with Crippen molar-refractivity contribution in [1.29, 1.82) is 0 Å². The van der Waals surface area contributed by atoms with Gasteiger partial charge in [-0.15, -0.1) is 0 Å². The number of non-ortho nitro benzene ring substituents is 1. The fourth-order valence-electron chi connectivity index (χ4n) is 2.27. The molecule has 0 heterocycles. The number of nitro groups is 1. The molecule has 2 rings (SSSR count). The van der Waals surface area contributed by atoms with Gasteiger partial charge < -0.3 is 14.8 Å². The molecule has 0 saturated heterocycles. The highest BCUT2D eigenvalue weighted by atomic mass is 35.5. The topological polar surface area (TPSA) is 132 Å². The monoisotopic (exact) mass is 420 g/mol. The molecule has 0 radical (unpaired) electrons. The Balaban J connectivity index is 2.25. The largest absolute Gasteiger partial charge is 0.497 e. The van der Waals surface area contributed by atoms with E-state index in [9.17, 15) is 19.7 Å². The van der Waals surface area contributed by atoms with Crippen LogP contribution >= 0.6 is 11.6 Å². The van der Waals surface area contributed by atoms with Crippen molar-refractivity contribution < 1.29 is 24.0 Å². The Morgan fingerprint density at radius 1 is 1.17 bits per heavy atom. The van der Waals surface area contributed by atoms with Gasteiger partial charge in [0, 0.05) is 24.3 Å². The second-order valence-electron chi connectivity index (χ2n) is 5.68. The molecule has 1 N–H and O–H groups in total. The molecular formula is C18H17ClN4O6. The van der Waals surface area contributed by atoms with Crippen LogP contribution in [0.4, 0.5) is 17.1 Å². The van der Waals surface area contributed by atoms with Crippen LogP contribution in [-0.4, -0.2) is 36.9 Å². The van der Waals surface area contributed by atoms with Crippen molar-refractivity contribution in [3.8, 4) is 11.5 Å². The first kappa shape index (κ1) is 21.8. The van der Waals surface area contributed by atoms with Gasteiger partial charge in [0.2, 0.25) is 6.04 Å². The van der Waals surface area contributed by atoms with Crippen molar-refractivity contribution >= 4 is 40.4 Å². The second-order valence-corrected chi connectivity index (χ2v) is 6.09. The summed E-state index contributed by atoms with van der Waals surface area (Å²) in [6, 6.07) is 6.71. The average molecular weight is 421 g/mol. The summed E-state index contributed by atoms with van der Waals surface area (Å²) in [4.78, 5) is 34.6. The first-order valence-electron chi connectivity index (χ1n) is 8.15. The number of halogens is 1. The van der Waals surface area contributed by atoms with E-state index in [0.29, 0.717) is 5.75 Å². The molecule has 1 unspecified atom stereocenters. The Kier molecular flexibility index (Phi) is 7.21. The molecule has 0 aliphatic rings. The summed E-state index contributed by atoms with van der Waals surface area (Å²) < 4.78 is 10.3. The SMILES string of the molecule is COc1cc(Cl)c(OC)c(NC(=O)C(N=Nc2ccc([N+](=O)[O-])cc2)C(C)=O)c1. The van der Waals surface area contributed by atoms with Crippen LogP contribution in [0.1, 0.15) is 6.92 Å². The lowest BCUT2D eigenvalue weighted by molar-refractivity contribution is -0.384. The Morgan fingerprint density at radius 2 is 1.83 bits per heavy atom. The number of hydrogen-bond donors (Lipinski definition) is 1. The van der Waals surface area contributed by atoms with E-state index < -0.39 is 22.7 Å². The third-order valence-corrected chi connectivity index (χ3v) is 3.98. The number of azo groups is 1.